The van der Waals surface area contributed by atoms with E-state index in [0.29, 0.717) is 17.9 Å². The molecule has 2 aromatic rings. The lowest BCUT2D eigenvalue weighted by Gasteiger charge is -2.40. The predicted molar refractivity (Wildman–Crippen MR) is 133 cm³/mol. The largest absolute Gasteiger partial charge is 0.369 e. The van der Waals surface area contributed by atoms with Gasteiger partial charge in [-0.2, -0.15) is 0 Å². The summed E-state index contributed by atoms with van der Waals surface area (Å²) in [4.78, 5) is 48.9. The SMILES string of the molecule is C[C@@H]1[C@H](CC(=O)N(C)C)CCCN1c1cnc(C(N)=O)c(Nc2ccc(C3(C(N)=O)CC3)cc2)n1. The van der Waals surface area contributed by atoms with E-state index in [2.05, 4.69) is 22.1 Å². The molecule has 4 rings (SSSR count). The van der Waals surface area contributed by atoms with Crippen LogP contribution in [0.4, 0.5) is 17.3 Å². The average molecular weight is 480 g/mol. The van der Waals surface area contributed by atoms with E-state index in [0.717, 1.165) is 37.8 Å². The van der Waals surface area contributed by atoms with Crippen molar-refractivity contribution < 1.29 is 14.4 Å². The van der Waals surface area contributed by atoms with E-state index in [1.807, 2.05) is 24.3 Å². The quantitative estimate of drug-likeness (QED) is 0.524. The minimum Gasteiger partial charge on any atom is -0.369 e. The fourth-order valence-corrected chi connectivity index (χ4v) is 4.82. The van der Waals surface area contributed by atoms with Crippen molar-refractivity contribution in [2.24, 2.45) is 17.4 Å². The molecule has 1 saturated carbocycles. The molecule has 186 valence electrons. The Hall–Kier alpha value is -3.69. The molecule has 10 heteroatoms. The van der Waals surface area contributed by atoms with Crippen LogP contribution in [0, 0.1) is 5.92 Å². The molecular formula is C25H33N7O3. The maximum Gasteiger partial charge on any atom is 0.271 e. The van der Waals surface area contributed by atoms with Gasteiger partial charge in [-0.05, 0) is 56.2 Å². The second-order valence-electron chi connectivity index (χ2n) is 9.77. The van der Waals surface area contributed by atoms with Crippen LogP contribution in [0.25, 0.3) is 0 Å². The van der Waals surface area contributed by atoms with Crippen molar-refractivity contribution in [3.05, 3.63) is 41.7 Å². The molecule has 1 aliphatic heterocycles. The number of primary amides is 2. The number of carbonyl (C=O) groups is 3. The van der Waals surface area contributed by atoms with Crippen LogP contribution < -0.4 is 21.7 Å². The van der Waals surface area contributed by atoms with Gasteiger partial charge in [-0.25, -0.2) is 9.97 Å². The smallest absolute Gasteiger partial charge is 0.271 e. The van der Waals surface area contributed by atoms with Gasteiger partial charge in [0.1, 0.15) is 5.82 Å². The first kappa shape index (κ1) is 24.4. The van der Waals surface area contributed by atoms with Gasteiger partial charge in [0, 0.05) is 38.8 Å². The summed E-state index contributed by atoms with van der Waals surface area (Å²) in [6.45, 7) is 2.87. The molecule has 2 fully saturated rings. The van der Waals surface area contributed by atoms with Crippen molar-refractivity contribution in [1.82, 2.24) is 14.9 Å². The number of anilines is 3. The molecule has 3 amide bonds. The minimum absolute atomic E-state index is 0.0395. The molecule has 1 aromatic heterocycles. The number of hydrogen-bond acceptors (Lipinski definition) is 7. The summed E-state index contributed by atoms with van der Waals surface area (Å²) in [5.41, 5.74) is 12.2. The van der Waals surface area contributed by atoms with Gasteiger partial charge < -0.3 is 26.6 Å². The van der Waals surface area contributed by atoms with Gasteiger partial charge in [0.2, 0.25) is 11.8 Å². The molecule has 0 unspecified atom stereocenters. The van der Waals surface area contributed by atoms with Gasteiger partial charge in [-0.3, -0.25) is 14.4 Å². The van der Waals surface area contributed by atoms with Gasteiger partial charge in [-0.15, -0.1) is 0 Å². The van der Waals surface area contributed by atoms with Crippen molar-refractivity contribution in [3.63, 3.8) is 0 Å². The van der Waals surface area contributed by atoms with E-state index in [-0.39, 0.29) is 35.3 Å². The van der Waals surface area contributed by atoms with Crippen molar-refractivity contribution in [1.29, 1.82) is 0 Å². The number of aromatic nitrogens is 2. The highest BCUT2D eigenvalue weighted by molar-refractivity contribution is 5.96. The summed E-state index contributed by atoms with van der Waals surface area (Å²) in [5.74, 6) is 0.185. The Labute approximate surface area is 205 Å². The molecule has 10 nitrogen and oxygen atoms in total. The maximum atomic E-state index is 12.3. The summed E-state index contributed by atoms with van der Waals surface area (Å²) in [7, 11) is 3.54. The number of amides is 3. The zero-order chi connectivity index (χ0) is 25.3. The molecule has 35 heavy (non-hydrogen) atoms. The third-order valence-corrected chi connectivity index (χ3v) is 7.29. The van der Waals surface area contributed by atoms with Gasteiger partial charge in [0.25, 0.3) is 5.91 Å². The third-order valence-electron chi connectivity index (χ3n) is 7.29. The van der Waals surface area contributed by atoms with Crippen LogP contribution in [-0.2, 0) is 15.0 Å². The number of carbonyl (C=O) groups excluding carboxylic acids is 3. The van der Waals surface area contributed by atoms with Crippen molar-refractivity contribution in [3.8, 4) is 0 Å². The zero-order valence-corrected chi connectivity index (χ0v) is 20.5. The van der Waals surface area contributed by atoms with E-state index < -0.39 is 11.3 Å². The molecule has 0 spiro atoms. The average Bonchev–Trinajstić information content (AvgIpc) is 3.63. The first-order chi connectivity index (χ1) is 16.6. The number of piperidine rings is 1. The molecule has 0 bridgehead atoms. The van der Waals surface area contributed by atoms with Crippen LogP contribution in [0.5, 0.6) is 0 Å². The van der Waals surface area contributed by atoms with Crippen LogP contribution in [-0.4, -0.2) is 59.3 Å². The number of nitrogens with two attached hydrogens (primary N) is 2. The van der Waals surface area contributed by atoms with Gasteiger partial charge in [0.15, 0.2) is 11.5 Å². The molecule has 0 radical (unpaired) electrons. The Morgan fingerprint density at radius 1 is 1.17 bits per heavy atom. The lowest BCUT2D eigenvalue weighted by molar-refractivity contribution is -0.130. The van der Waals surface area contributed by atoms with E-state index in [1.165, 1.54) is 0 Å². The molecule has 5 N–H and O–H groups in total. The molecular weight excluding hydrogens is 446 g/mol. The second kappa shape index (κ2) is 9.52. The fourth-order valence-electron chi connectivity index (χ4n) is 4.82. The topological polar surface area (TPSA) is 148 Å². The van der Waals surface area contributed by atoms with Gasteiger partial charge >= 0.3 is 0 Å². The molecule has 1 aromatic carbocycles. The number of nitrogens with one attached hydrogen (secondary N) is 1. The molecule has 1 aliphatic carbocycles. The Kier molecular flexibility index (Phi) is 6.64. The van der Waals surface area contributed by atoms with Crippen molar-refractivity contribution in [2.45, 2.75) is 50.5 Å². The summed E-state index contributed by atoms with van der Waals surface area (Å²) in [5, 5.41) is 3.16. The summed E-state index contributed by atoms with van der Waals surface area (Å²) < 4.78 is 0. The summed E-state index contributed by atoms with van der Waals surface area (Å²) >= 11 is 0. The first-order valence-corrected chi connectivity index (χ1v) is 11.9. The monoisotopic (exact) mass is 479 g/mol. The highest BCUT2D eigenvalue weighted by atomic mass is 16.2. The number of hydrogen-bond donors (Lipinski definition) is 3. The maximum absolute atomic E-state index is 12.3. The summed E-state index contributed by atoms with van der Waals surface area (Å²) in [6.07, 6.45) is 5.44. The van der Waals surface area contributed by atoms with Gasteiger partial charge in [-0.1, -0.05) is 12.1 Å². The van der Waals surface area contributed by atoms with Crippen molar-refractivity contribution in [2.75, 3.05) is 30.9 Å². The Balaban J connectivity index is 1.57. The molecule has 1 saturated heterocycles. The number of nitrogens with zero attached hydrogens (tertiary/aromatic N) is 4. The lowest BCUT2D eigenvalue weighted by Crippen LogP contribution is -2.45. The van der Waals surface area contributed by atoms with Crippen LogP contribution in [0.1, 0.15) is 55.1 Å². The normalized spacial score (nSPS) is 20.7. The Morgan fingerprint density at radius 2 is 1.86 bits per heavy atom. The molecule has 2 aliphatic rings. The Morgan fingerprint density at radius 3 is 2.43 bits per heavy atom. The molecule has 2 atom stereocenters. The minimum atomic E-state index is -0.685. The highest BCUT2D eigenvalue weighted by Crippen LogP contribution is 2.48. The van der Waals surface area contributed by atoms with E-state index in [4.69, 9.17) is 16.5 Å². The van der Waals surface area contributed by atoms with Gasteiger partial charge in [0.05, 0.1) is 11.6 Å². The number of rotatable bonds is 8. The fraction of sp³-hybridized carbons (Fsp3) is 0.480. The van der Waals surface area contributed by atoms with Crippen LogP contribution in [0.2, 0.25) is 0 Å². The van der Waals surface area contributed by atoms with Crippen LogP contribution in [0.3, 0.4) is 0 Å². The van der Waals surface area contributed by atoms with E-state index in [9.17, 15) is 14.4 Å². The van der Waals surface area contributed by atoms with Crippen molar-refractivity contribution >= 4 is 35.0 Å². The highest BCUT2D eigenvalue weighted by Gasteiger charge is 2.49. The first-order valence-electron chi connectivity index (χ1n) is 11.9. The predicted octanol–water partition coefficient (Wildman–Crippen LogP) is 1.92. The van der Waals surface area contributed by atoms with Crippen LogP contribution >= 0.6 is 0 Å². The van der Waals surface area contributed by atoms with E-state index in [1.54, 1.807) is 25.2 Å². The zero-order valence-electron chi connectivity index (χ0n) is 20.5. The van der Waals surface area contributed by atoms with Crippen LogP contribution in [0.15, 0.2) is 30.5 Å². The molecule has 2 heterocycles. The number of benzene rings is 1. The Bertz CT molecular complexity index is 1130. The lowest BCUT2D eigenvalue weighted by atomic mass is 9.87. The van der Waals surface area contributed by atoms with E-state index >= 15 is 0 Å². The summed E-state index contributed by atoms with van der Waals surface area (Å²) in [6, 6.07) is 7.45. The third kappa shape index (κ3) is 4.91. The second-order valence-corrected chi connectivity index (χ2v) is 9.77. The standard InChI is InChI=1S/C25H33N7O3/c1-15-16(13-20(33)31(2)3)5-4-12-32(15)19-14-28-21(22(26)34)23(30-19)29-18-8-6-17(7-9-18)25(10-11-25)24(27)35/h6-9,14-16H,4-5,10-13H2,1-3H3,(H2,26,34)(H2,27,35)(H,29,30)/t15-,16+/m1/s1.